The van der Waals surface area contributed by atoms with Crippen molar-refractivity contribution >= 4 is 50.7 Å². The van der Waals surface area contributed by atoms with Gasteiger partial charge in [0.25, 0.3) is 10.0 Å². The van der Waals surface area contributed by atoms with E-state index in [1.165, 1.54) is 31.2 Å². The maximum Gasteiger partial charge on any atom is 0.416 e. The largest absolute Gasteiger partial charge is 0.416 e. The average Bonchev–Trinajstić information content (AvgIpc) is 2.90. The van der Waals surface area contributed by atoms with Gasteiger partial charge in [-0.2, -0.15) is 13.2 Å². The van der Waals surface area contributed by atoms with E-state index in [9.17, 15) is 31.2 Å². The van der Waals surface area contributed by atoms with Crippen LogP contribution in [0.5, 0.6) is 0 Å². The van der Waals surface area contributed by atoms with Crippen molar-refractivity contribution in [2.45, 2.75) is 37.5 Å². The molecule has 1 atom stereocenters. The van der Waals surface area contributed by atoms with Crippen LogP contribution in [-0.2, 0) is 32.3 Å². The zero-order valence-electron chi connectivity index (χ0n) is 21.5. The van der Waals surface area contributed by atoms with E-state index < -0.39 is 51.9 Å². The Morgan fingerprint density at radius 3 is 2.25 bits per heavy atom. The van der Waals surface area contributed by atoms with Crippen molar-refractivity contribution in [2.24, 2.45) is 0 Å². The van der Waals surface area contributed by atoms with Crippen LogP contribution in [0.1, 0.15) is 25.0 Å². The Morgan fingerprint density at radius 1 is 0.975 bits per heavy atom. The number of nitrogens with one attached hydrogen (secondary N) is 1. The van der Waals surface area contributed by atoms with Crippen LogP contribution in [0, 0.1) is 0 Å². The molecule has 0 heterocycles. The normalized spacial score (nSPS) is 12.5. The topological polar surface area (TPSA) is 86.8 Å². The van der Waals surface area contributed by atoms with Gasteiger partial charge in [-0.15, -0.1) is 0 Å². The highest BCUT2D eigenvalue weighted by molar-refractivity contribution is 7.92. The van der Waals surface area contributed by atoms with Crippen molar-refractivity contribution in [3.8, 4) is 0 Å². The van der Waals surface area contributed by atoms with Crippen LogP contribution in [0.2, 0.25) is 10.0 Å². The van der Waals surface area contributed by atoms with Crippen molar-refractivity contribution in [1.29, 1.82) is 0 Å². The summed E-state index contributed by atoms with van der Waals surface area (Å²) >= 11 is 12.3. The molecule has 0 radical (unpaired) electrons. The highest BCUT2D eigenvalue weighted by Gasteiger charge is 2.36. The molecule has 40 heavy (non-hydrogen) atoms. The molecule has 13 heteroatoms. The van der Waals surface area contributed by atoms with Gasteiger partial charge in [-0.3, -0.25) is 13.9 Å². The number of likely N-dealkylation sites (N-methyl/N-ethyl adjacent to an activating group) is 1. The third-order valence-electron chi connectivity index (χ3n) is 5.91. The smallest absolute Gasteiger partial charge is 0.355 e. The average molecular weight is 616 g/mol. The molecule has 0 aliphatic heterocycles. The van der Waals surface area contributed by atoms with Gasteiger partial charge >= 0.3 is 6.18 Å². The third kappa shape index (κ3) is 7.47. The minimum absolute atomic E-state index is 0.132. The van der Waals surface area contributed by atoms with Crippen molar-refractivity contribution in [3.05, 3.63) is 94.0 Å². The van der Waals surface area contributed by atoms with Gasteiger partial charge in [0.2, 0.25) is 11.8 Å². The lowest BCUT2D eigenvalue weighted by Crippen LogP contribution is -2.51. The van der Waals surface area contributed by atoms with Crippen LogP contribution < -0.4 is 9.62 Å². The number of hydrogen-bond acceptors (Lipinski definition) is 4. The number of sulfonamides is 1. The molecule has 7 nitrogen and oxygen atoms in total. The van der Waals surface area contributed by atoms with Gasteiger partial charge in [-0.1, -0.05) is 53.5 Å². The number of rotatable bonds is 10. The summed E-state index contributed by atoms with van der Waals surface area (Å²) in [5.41, 5.74) is -1.15. The SMILES string of the molecule is CCNC(=O)[C@H](C)N(Cc1cccc(Cl)c1)C(=O)CN(c1cc(C(F)(F)F)ccc1Cl)S(=O)(=O)c1ccccc1. The number of anilines is 1. The lowest BCUT2D eigenvalue weighted by Gasteiger charge is -2.32. The number of nitrogens with zero attached hydrogens (tertiary/aromatic N) is 2. The van der Waals surface area contributed by atoms with Crippen molar-refractivity contribution in [2.75, 3.05) is 17.4 Å². The van der Waals surface area contributed by atoms with E-state index in [4.69, 9.17) is 23.2 Å². The molecule has 0 aromatic heterocycles. The predicted molar refractivity (Wildman–Crippen MR) is 148 cm³/mol. The van der Waals surface area contributed by atoms with E-state index in [0.717, 1.165) is 11.0 Å². The molecule has 1 N–H and O–H groups in total. The molecule has 3 aromatic rings. The van der Waals surface area contributed by atoms with E-state index in [-0.39, 0.29) is 23.0 Å². The maximum absolute atomic E-state index is 13.8. The first-order valence-electron chi connectivity index (χ1n) is 12.0. The Morgan fingerprint density at radius 2 is 1.65 bits per heavy atom. The molecular formula is C27H26Cl2F3N3O4S. The van der Waals surface area contributed by atoms with Crippen LogP contribution >= 0.6 is 23.2 Å². The van der Waals surface area contributed by atoms with E-state index in [0.29, 0.717) is 27.0 Å². The summed E-state index contributed by atoms with van der Waals surface area (Å²) < 4.78 is 68.7. The first kappa shape index (κ1) is 31.3. The Balaban J connectivity index is 2.13. The summed E-state index contributed by atoms with van der Waals surface area (Å²) in [6, 6.07) is 14.6. The Kier molecular flexibility index (Phi) is 10.1. The highest BCUT2D eigenvalue weighted by Crippen LogP contribution is 2.37. The van der Waals surface area contributed by atoms with Crippen molar-refractivity contribution in [3.63, 3.8) is 0 Å². The molecule has 0 saturated carbocycles. The lowest BCUT2D eigenvalue weighted by molar-refractivity contribution is -0.139. The van der Waals surface area contributed by atoms with Crippen LogP contribution in [0.4, 0.5) is 18.9 Å². The Labute approximate surface area is 240 Å². The molecule has 0 saturated heterocycles. The second kappa shape index (κ2) is 12.9. The molecule has 0 aliphatic rings. The highest BCUT2D eigenvalue weighted by atomic mass is 35.5. The first-order valence-corrected chi connectivity index (χ1v) is 14.2. The van der Waals surface area contributed by atoms with Gasteiger partial charge in [0, 0.05) is 18.1 Å². The van der Waals surface area contributed by atoms with Gasteiger partial charge in [0.05, 0.1) is 21.2 Å². The molecule has 0 fully saturated rings. The molecule has 0 aliphatic carbocycles. The van der Waals surface area contributed by atoms with E-state index >= 15 is 0 Å². The molecule has 214 valence electrons. The van der Waals surface area contributed by atoms with Crippen LogP contribution in [-0.4, -0.2) is 44.3 Å². The molecule has 0 spiro atoms. The number of halogens is 5. The summed E-state index contributed by atoms with van der Waals surface area (Å²) in [5, 5.41) is 2.67. The predicted octanol–water partition coefficient (Wildman–Crippen LogP) is 5.76. The molecular weight excluding hydrogens is 590 g/mol. The quantitative estimate of drug-likeness (QED) is 0.314. The summed E-state index contributed by atoms with van der Waals surface area (Å²) in [7, 11) is -4.59. The van der Waals surface area contributed by atoms with Gasteiger partial charge < -0.3 is 10.2 Å². The Bertz CT molecular complexity index is 1470. The molecule has 3 rings (SSSR count). The minimum atomic E-state index is -4.81. The van der Waals surface area contributed by atoms with Crippen molar-refractivity contribution < 1.29 is 31.2 Å². The van der Waals surface area contributed by atoms with E-state index in [1.54, 1.807) is 37.3 Å². The number of hydrogen-bond donors (Lipinski definition) is 1. The molecule has 2 amide bonds. The number of benzene rings is 3. The van der Waals surface area contributed by atoms with Gasteiger partial charge in [0.1, 0.15) is 12.6 Å². The van der Waals surface area contributed by atoms with Crippen LogP contribution in [0.25, 0.3) is 0 Å². The number of carbonyl (C=O) groups excluding carboxylic acids is 2. The summed E-state index contributed by atoms with van der Waals surface area (Å²) in [6.07, 6.45) is -4.81. The number of alkyl halides is 3. The number of carbonyl (C=O) groups is 2. The fourth-order valence-electron chi connectivity index (χ4n) is 3.85. The van der Waals surface area contributed by atoms with Crippen LogP contribution in [0.3, 0.4) is 0 Å². The minimum Gasteiger partial charge on any atom is -0.355 e. The van der Waals surface area contributed by atoms with Gasteiger partial charge in [-0.25, -0.2) is 8.42 Å². The van der Waals surface area contributed by atoms with Crippen LogP contribution in [0.15, 0.2) is 77.7 Å². The molecule has 3 aromatic carbocycles. The summed E-state index contributed by atoms with van der Waals surface area (Å²) in [4.78, 5) is 27.4. The molecule has 0 unspecified atom stereocenters. The third-order valence-corrected chi connectivity index (χ3v) is 8.24. The summed E-state index contributed by atoms with van der Waals surface area (Å²) in [6.45, 7) is 2.35. The van der Waals surface area contributed by atoms with Crippen molar-refractivity contribution in [1.82, 2.24) is 10.2 Å². The van der Waals surface area contributed by atoms with E-state index in [1.807, 2.05) is 0 Å². The zero-order chi connectivity index (χ0) is 29.7. The Hall–Kier alpha value is -3.28. The zero-order valence-corrected chi connectivity index (χ0v) is 23.8. The monoisotopic (exact) mass is 615 g/mol. The van der Waals surface area contributed by atoms with Gasteiger partial charge in [-0.05, 0) is 61.9 Å². The standard InChI is InChI=1S/C27H26Cl2F3N3O4S/c1-3-33-26(37)18(2)34(16-19-8-7-9-21(28)14-19)25(36)17-35(40(38,39)22-10-5-4-6-11-22)24-15-20(27(30,31)32)12-13-23(24)29/h4-15,18H,3,16-17H2,1-2H3,(H,33,37)/t18-/m0/s1. The van der Waals surface area contributed by atoms with E-state index in [2.05, 4.69) is 5.32 Å². The lowest BCUT2D eigenvalue weighted by atomic mass is 10.1. The fourth-order valence-corrected chi connectivity index (χ4v) is 5.78. The maximum atomic E-state index is 13.8. The first-order chi connectivity index (χ1) is 18.8. The molecule has 0 bridgehead atoms. The summed E-state index contributed by atoms with van der Waals surface area (Å²) in [5.74, 6) is -1.36. The second-order valence-corrected chi connectivity index (χ2v) is 11.4. The fraction of sp³-hybridized carbons (Fsp3) is 0.259. The second-order valence-electron chi connectivity index (χ2n) is 8.71. The van der Waals surface area contributed by atoms with Gasteiger partial charge in [0.15, 0.2) is 0 Å². The number of amides is 2.